The van der Waals surface area contributed by atoms with Crippen LogP contribution in [0.4, 0.5) is 0 Å². The monoisotopic (exact) mass is 892 g/mol. The van der Waals surface area contributed by atoms with Gasteiger partial charge in [-0.2, -0.15) is 0 Å². The standard InChI is InChI=1S/C66H36O4/c1-2-16-38-31-39(30-29-37(38)15-1)59-47-21-3-5-23-49(47)60(50-24-6-4-22-48(50)59)40-32-41(61-63-51(43-17-7-11-25-55(43)67-63)35-52-44-18-8-12-26-56(44)68-64(52)61)34-42(33-40)62-65-53(45-19-9-13-27-57(45)69-65)36-54-46-20-10-14-28-58(46)70-66(54)62/h1-36H. The molecule has 0 bridgehead atoms. The van der Waals surface area contributed by atoms with E-state index in [1.165, 1.54) is 32.7 Å². The van der Waals surface area contributed by atoms with Gasteiger partial charge >= 0.3 is 0 Å². The fraction of sp³-hybridized carbons (Fsp3) is 0. The van der Waals surface area contributed by atoms with Gasteiger partial charge in [0.25, 0.3) is 0 Å². The Hall–Kier alpha value is -9.38. The second-order valence-corrected chi connectivity index (χ2v) is 18.6. The molecule has 4 heteroatoms. The van der Waals surface area contributed by atoms with Crippen LogP contribution in [0.5, 0.6) is 0 Å². The lowest BCUT2D eigenvalue weighted by atomic mass is 9.84. The third-order valence-corrected chi connectivity index (χ3v) is 14.8. The summed E-state index contributed by atoms with van der Waals surface area (Å²) in [6.07, 6.45) is 0. The maximum atomic E-state index is 6.99. The topological polar surface area (TPSA) is 52.6 Å². The summed E-state index contributed by atoms with van der Waals surface area (Å²) < 4.78 is 28.0. The summed E-state index contributed by atoms with van der Waals surface area (Å²) >= 11 is 0. The summed E-state index contributed by atoms with van der Waals surface area (Å²) in [5.41, 5.74) is 14.6. The molecule has 0 aliphatic rings. The lowest BCUT2D eigenvalue weighted by Gasteiger charge is -2.19. The average Bonchev–Trinajstić information content (AvgIpc) is 4.19. The molecule has 70 heavy (non-hydrogen) atoms. The highest BCUT2D eigenvalue weighted by atomic mass is 16.4. The predicted molar refractivity (Wildman–Crippen MR) is 290 cm³/mol. The zero-order valence-corrected chi connectivity index (χ0v) is 37.4. The van der Waals surface area contributed by atoms with E-state index in [0.717, 1.165) is 132 Å². The Morgan fingerprint density at radius 3 is 0.871 bits per heavy atom. The highest BCUT2D eigenvalue weighted by Crippen LogP contribution is 2.51. The van der Waals surface area contributed by atoms with Crippen molar-refractivity contribution in [2.45, 2.75) is 0 Å². The number of rotatable bonds is 4. The molecule has 0 aliphatic carbocycles. The van der Waals surface area contributed by atoms with Crippen LogP contribution in [0.1, 0.15) is 0 Å². The number of hydrogen-bond donors (Lipinski definition) is 0. The molecule has 0 unspecified atom stereocenters. The molecule has 4 heterocycles. The van der Waals surface area contributed by atoms with Crippen molar-refractivity contribution < 1.29 is 17.7 Å². The van der Waals surface area contributed by atoms with Gasteiger partial charge in [-0.05, 0) is 126 Å². The number of para-hydroxylation sites is 4. The molecule has 0 aliphatic heterocycles. The molecule has 16 rings (SSSR count). The second kappa shape index (κ2) is 14.1. The molecular formula is C66H36O4. The van der Waals surface area contributed by atoms with Gasteiger partial charge < -0.3 is 17.7 Å². The zero-order valence-electron chi connectivity index (χ0n) is 37.4. The summed E-state index contributed by atoms with van der Waals surface area (Å²) in [5.74, 6) is 0. The van der Waals surface area contributed by atoms with Crippen LogP contribution >= 0.6 is 0 Å². The second-order valence-electron chi connectivity index (χ2n) is 18.6. The number of furan rings is 4. The van der Waals surface area contributed by atoms with Crippen molar-refractivity contribution in [3.8, 4) is 44.5 Å². The van der Waals surface area contributed by atoms with E-state index in [4.69, 9.17) is 17.7 Å². The first-order valence-corrected chi connectivity index (χ1v) is 23.8. The van der Waals surface area contributed by atoms with Crippen molar-refractivity contribution >= 4 is 120 Å². The zero-order chi connectivity index (χ0) is 45.6. The quantitative estimate of drug-likeness (QED) is 0.165. The van der Waals surface area contributed by atoms with Crippen molar-refractivity contribution in [3.05, 3.63) is 218 Å². The number of benzene rings is 12. The Labute approximate surface area is 398 Å². The molecule has 16 aromatic rings. The first-order valence-electron chi connectivity index (χ1n) is 23.8. The molecule has 4 aromatic heterocycles. The molecule has 0 amide bonds. The van der Waals surface area contributed by atoms with E-state index in [1.807, 2.05) is 24.3 Å². The summed E-state index contributed by atoms with van der Waals surface area (Å²) in [6.45, 7) is 0. The Morgan fingerprint density at radius 2 is 0.486 bits per heavy atom. The molecule has 0 radical (unpaired) electrons. The largest absolute Gasteiger partial charge is 0.455 e. The SMILES string of the molecule is c1ccc2cc(-c3c4ccccc4c(-c4cc(-c5c6oc7ccccc7c6cc6c5oc5ccccc56)cc(-c5c6oc7ccccc7c6cc6c5oc5ccccc56)c4)c4ccccc34)ccc2c1. The van der Waals surface area contributed by atoms with Gasteiger partial charge in [-0.25, -0.2) is 0 Å². The third kappa shape index (κ3) is 5.25. The van der Waals surface area contributed by atoms with Crippen molar-refractivity contribution in [1.29, 1.82) is 0 Å². The van der Waals surface area contributed by atoms with Gasteiger partial charge in [0.1, 0.15) is 44.7 Å². The van der Waals surface area contributed by atoms with Crippen molar-refractivity contribution in [2.24, 2.45) is 0 Å². The molecule has 324 valence electrons. The van der Waals surface area contributed by atoms with Gasteiger partial charge in [-0.3, -0.25) is 0 Å². The smallest absolute Gasteiger partial charge is 0.147 e. The number of hydrogen-bond acceptors (Lipinski definition) is 4. The molecule has 0 saturated carbocycles. The Kier molecular flexibility index (Phi) is 7.58. The first kappa shape index (κ1) is 37.7. The highest BCUT2D eigenvalue weighted by molar-refractivity contribution is 6.26. The van der Waals surface area contributed by atoms with Crippen LogP contribution < -0.4 is 0 Å². The molecule has 0 saturated heterocycles. The van der Waals surface area contributed by atoms with Gasteiger partial charge in [-0.1, -0.05) is 158 Å². The Bertz CT molecular complexity index is 4460. The van der Waals surface area contributed by atoms with Crippen molar-refractivity contribution in [3.63, 3.8) is 0 Å². The molecule has 4 nitrogen and oxygen atoms in total. The van der Waals surface area contributed by atoms with E-state index in [9.17, 15) is 0 Å². The summed E-state index contributed by atoms with van der Waals surface area (Å²) in [6, 6.07) is 78.0. The Balaban J connectivity index is 1.09. The predicted octanol–water partition coefficient (Wildman–Crippen LogP) is 19.4. The van der Waals surface area contributed by atoms with Crippen LogP contribution in [0, 0.1) is 0 Å². The van der Waals surface area contributed by atoms with Crippen molar-refractivity contribution in [2.75, 3.05) is 0 Å². The van der Waals surface area contributed by atoms with Crippen LogP contribution in [-0.2, 0) is 0 Å². The van der Waals surface area contributed by atoms with Crippen LogP contribution in [0.15, 0.2) is 236 Å². The lowest BCUT2D eigenvalue weighted by Crippen LogP contribution is -1.93. The third-order valence-electron chi connectivity index (χ3n) is 14.8. The van der Waals surface area contributed by atoms with Crippen LogP contribution in [0.3, 0.4) is 0 Å². The normalized spacial score (nSPS) is 12.3. The van der Waals surface area contributed by atoms with Gasteiger partial charge in [0.05, 0.1) is 11.1 Å². The fourth-order valence-corrected chi connectivity index (χ4v) is 11.8. The van der Waals surface area contributed by atoms with Crippen LogP contribution in [-0.4, -0.2) is 0 Å². The van der Waals surface area contributed by atoms with Crippen molar-refractivity contribution in [1.82, 2.24) is 0 Å². The average molecular weight is 893 g/mol. The minimum absolute atomic E-state index is 0.771. The minimum atomic E-state index is 0.771. The van der Waals surface area contributed by atoms with Gasteiger partial charge in [0.2, 0.25) is 0 Å². The number of fused-ring (bicyclic) bond motifs is 15. The van der Waals surface area contributed by atoms with Gasteiger partial charge in [0, 0.05) is 43.1 Å². The van der Waals surface area contributed by atoms with E-state index in [-0.39, 0.29) is 0 Å². The van der Waals surface area contributed by atoms with E-state index in [2.05, 4.69) is 194 Å². The molecule has 0 fully saturated rings. The molecule has 12 aromatic carbocycles. The van der Waals surface area contributed by atoms with Gasteiger partial charge in [-0.15, -0.1) is 0 Å². The summed E-state index contributed by atoms with van der Waals surface area (Å²) in [7, 11) is 0. The molecule has 0 atom stereocenters. The van der Waals surface area contributed by atoms with Crippen LogP contribution in [0.25, 0.3) is 165 Å². The molecular weight excluding hydrogens is 857 g/mol. The highest BCUT2D eigenvalue weighted by Gasteiger charge is 2.27. The van der Waals surface area contributed by atoms with Crippen LogP contribution in [0.2, 0.25) is 0 Å². The Morgan fingerprint density at radius 1 is 0.186 bits per heavy atom. The van der Waals surface area contributed by atoms with E-state index in [1.54, 1.807) is 0 Å². The van der Waals surface area contributed by atoms with Gasteiger partial charge in [0.15, 0.2) is 0 Å². The lowest BCUT2D eigenvalue weighted by molar-refractivity contribution is 0.657. The van der Waals surface area contributed by atoms with E-state index in [0.29, 0.717) is 0 Å². The first-order chi connectivity index (χ1) is 34.7. The fourth-order valence-electron chi connectivity index (χ4n) is 11.8. The maximum absolute atomic E-state index is 6.99. The molecule has 0 spiro atoms. The maximum Gasteiger partial charge on any atom is 0.147 e. The molecule has 0 N–H and O–H groups in total. The minimum Gasteiger partial charge on any atom is -0.455 e. The summed E-state index contributed by atoms with van der Waals surface area (Å²) in [4.78, 5) is 0. The van der Waals surface area contributed by atoms with E-state index >= 15 is 0 Å². The summed E-state index contributed by atoms with van der Waals surface area (Å²) in [5, 5.41) is 15.4. The van der Waals surface area contributed by atoms with E-state index < -0.39 is 0 Å².